The molecule has 0 aromatic heterocycles. The molecule has 0 atom stereocenters. The fourth-order valence-corrected chi connectivity index (χ4v) is 0.763. The standard InChI is InChI=1S/C8H18N2O/c1-3-5-6-9-7-8(11)10-4-2/h9H,3-7H2,1-2H3,(H,10,11). The zero-order chi connectivity index (χ0) is 8.53. The summed E-state index contributed by atoms with van der Waals surface area (Å²) in [5, 5.41) is 5.78. The molecule has 0 unspecified atom stereocenters. The van der Waals surface area contributed by atoms with E-state index in [9.17, 15) is 4.79 Å². The SMILES string of the molecule is CCCCNCC(=O)NCC. The number of amides is 1. The second-order valence-corrected chi connectivity index (χ2v) is 2.48. The summed E-state index contributed by atoms with van der Waals surface area (Å²) in [4.78, 5) is 10.8. The average molecular weight is 158 g/mol. The zero-order valence-electron chi connectivity index (χ0n) is 7.44. The maximum atomic E-state index is 10.8. The molecule has 0 spiro atoms. The molecule has 0 fully saturated rings. The van der Waals surface area contributed by atoms with Gasteiger partial charge in [-0.15, -0.1) is 0 Å². The molecule has 0 aromatic rings. The van der Waals surface area contributed by atoms with Crippen LogP contribution in [0.5, 0.6) is 0 Å². The lowest BCUT2D eigenvalue weighted by Crippen LogP contribution is -2.33. The van der Waals surface area contributed by atoms with Crippen LogP contribution in [0, 0.1) is 0 Å². The summed E-state index contributed by atoms with van der Waals surface area (Å²) in [6, 6.07) is 0. The summed E-state index contributed by atoms with van der Waals surface area (Å²) >= 11 is 0. The van der Waals surface area contributed by atoms with E-state index in [2.05, 4.69) is 17.6 Å². The van der Waals surface area contributed by atoms with Gasteiger partial charge in [0.05, 0.1) is 6.54 Å². The molecule has 1 amide bonds. The molecule has 2 N–H and O–H groups in total. The van der Waals surface area contributed by atoms with Gasteiger partial charge >= 0.3 is 0 Å². The molecule has 0 aliphatic heterocycles. The predicted octanol–water partition coefficient (Wildman–Crippen LogP) is 0.512. The molecule has 0 rings (SSSR count). The maximum Gasteiger partial charge on any atom is 0.233 e. The first-order valence-electron chi connectivity index (χ1n) is 4.28. The van der Waals surface area contributed by atoms with Crippen molar-refractivity contribution in [2.75, 3.05) is 19.6 Å². The summed E-state index contributed by atoms with van der Waals surface area (Å²) in [6.45, 7) is 6.16. The van der Waals surface area contributed by atoms with E-state index in [0.717, 1.165) is 13.0 Å². The van der Waals surface area contributed by atoms with Crippen LogP contribution in [0.15, 0.2) is 0 Å². The van der Waals surface area contributed by atoms with Crippen LogP contribution in [-0.2, 0) is 4.79 Å². The van der Waals surface area contributed by atoms with Gasteiger partial charge in [0.2, 0.25) is 5.91 Å². The molecule has 0 aliphatic carbocycles. The van der Waals surface area contributed by atoms with Crippen LogP contribution in [0.2, 0.25) is 0 Å². The first kappa shape index (κ1) is 10.4. The Morgan fingerprint density at radius 2 is 2.09 bits per heavy atom. The number of hydrogen-bond donors (Lipinski definition) is 2. The molecule has 0 heterocycles. The van der Waals surface area contributed by atoms with E-state index in [1.165, 1.54) is 6.42 Å². The average Bonchev–Trinajstić information content (AvgIpc) is 1.99. The minimum Gasteiger partial charge on any atom is -0.355 e. The lowest BCUT2D eigenvalue weighted by Gasteiger charge is -2.02. The monoisotopic (exact) mass is 158 g/mol. The van der Waals surface area contributed by atoms with Crippen LogP contribution < -0.4 is 10.6 Å². The van der Waals surface area contributed by atoms with Gasteiger partial charge in [-0.05, 0) is 19.9 Å². The van der Waals surface area contributed by atoms with E-state index in [1.54, 1.807) is 0 Å². The first-order valence-corrected chi connectivity index (χ1v) is 4.28. The van der Waals surface area contributed by atoms with E-state index in [4.69, 9.17) is 0 Å². The highest BCUT2D eigenvalue weighted by atomic mass is 16.1. The van der Waals surface area contributed by atoms with Crippen molar-refractivity contribution in [2.45, 2.75) is 26.7 Å². The Bertz CT molecular complexity index is 104. The topological polar surface area (TPSA) is 41.1 Å². The van der Waals surface area contributed by atoms with Crippen LogP contribution in [-0.4, -0.2) is 25.5 Å². The van der Waals surface area contributed by atoms with Crippen molar-refractivity contribution in [2.24, 2.45) is 0 Å². The fourth-order valence-electron chi connectivity index (χ4n) is 0.763. The molecule has 3 nitrogen and oxygen atoms in total. The fraction of sp³-hybridized carbons (Fsp3) is 0.875. The molecular weight excluding hydrogens is 140 g/mol. The van der Waals surface area contributed by atoms with Gasteiger partial charge < -0.3 is 10.6 Å². The summed E-state index contributed by atoms with van der Waals surface area (Å²) < 4.78 is 0. The van der Waals surface area contributed by atoms with Gasteiger partial charge in [0.1, 0.15) is 0 Å². The first-order chi connectivity index (χ1) is 5.31. The van der Waals surface area contributed by atoms with Crippen molar-refractivity contribution >= 4 is 5.91 Å². The lowest BCUT2D eigenvalue weighted by atomic mass is 10.3. The number of unbranched alkanes of at least 4 members (excludes halogenated alkanes) is 1. The number of likely N-dealkylation sites (N-methyl/N-ethyl adjacent to an activating group) is 1. The third-order valence-corrected chi connectivity index (χ3v) is 1.37. The molecule has 0 aliphatic rings. The van der Waals surface area contributed by atoms with E-state index >= 15 is 0 Å². The molecule has 66 valence electrons. The largest absolute Gasteiger partial charge is 0.355 e. The number of hydrogen-bond acceptors (Lipinski definition) is 2. The molecule has 0 bridgehead atoms. The summed E-state index contributed by atoms with van der Waals surface area (Å²) in [6.07, 6.45) is 2.31. The van der Waals surface area contributed by atoms with E-state index in [0.29, 0.717) is 13.1 Å². The molecule has 0 saturated heterocycles. The van der Waals surface area contributed by atoms with Crippen LogP contribution in [0.25, 0.3) is 0 Å². The van der Waals surface area contributed by atoms with Crippen LogP contribution in [0.4, 0.5) is 0 Å². The maximum absolute atomic E-state index is 10.8. The number of carbonyl (C=O) groups is 1. The number of nitrogens with one attached hydrogen (secondary N) is 2. The van der Waals surface area contributed by atoms with Gasteiger partial charge in [0, 0.05) is 6.54 Å². The Morgan fingerprint density at radius 3 is 2.64 bits per heavy atom. The van der Waals surface area contributed by atoms with Crippen molar-refractivity contribution in [1.29, 1.82) is 0 Å². The molecular formula is C8H18N2O. The summed E-state index contributed by atoms with van der Waals surface area (Å²) in [5.74, 6) is 0.0867. The second-order valence-electron chi connectivity index (χ2n) is 2.48. The van der Waals surface area contributed by atoms with Gasteiger partial charge in [-0.1, -0.05) is 13.3 Å². The number of carbonyl (C=O) groups excluding carboxylic acids is 1. The van der Waals surface area contributed by atoms with Gasteiger partial charge in [-0.2, -0.15) is 0 Å². The molecule has 0 radical (unpaired) electrons. The molecule has 3 heteroatoms. The highest BCUT2D eigenvalue weighted by molar-refractivity contribution is 5.77. The molecule has 11 heavy (non-hydrogen) atoms. The smallest absolute Gasteiger partial charge is 0.233 e. The highest BCUT2D eigenvalue weighted by Crippen LogP contribution is 1.81. The third-order valence-electron chi connectivity index (χ3n) is 1.37. The third kappa shape index (κ3) is 7.33. The zero-order valence-corrected chi connectivity index (χ0v) is 7.44. The van der Waals surface area contributed by atoms with Gasteiger partial charge in [-0.25, -0.2) is 0 Å². The number of rotatable bonds is 6. The van der Waals surface area contributed by atoms with E-state index in [1.807, 2.05) is 6.92 Å². The molecule has 0 aromatic carbocycles. The quantitative estimate of drug-likeness (QED) is 0.553. The molecule has 0 saturated carbocycles. The van der Waals surface area contributed by atoms with Crippen molar-refractivity contribution in [1.82, 2.24) is 10.6 Å². The minimum atomic E-state index is 0.0867. The Kier molecular flexibility index (Phi) is 7.15. The summed E-state index contributed by atoms with van der Waals surface area (Å²) in [7, 11) is 0. The second kappa shape index (κ2) is 7.54. The Labute approximate surface area is 68.6 Å². The van der Waals surface area contributed by atoms with Gasteiger partial charge in [0.25, 0.3) is 0 Å². The van der Waals surface area contributed by atoms with Crippen molar-refractivity contribution in [3.63, 3.8) is 0 Å². The van der Waals surface area contributed by atoms with E-state index < -0.39 is 0 Å². The Morgan fingerprint density at radius 1 is 1.36 bits per heavy atom. The van der Waals surface area contributed by atoms with Crippen molar-refractivity contribution < 1.29 is 4.79 Å². The highest BCUT2D eigenvalue weighted by Gasteiger charge is 1.95. The Hall–Kier alpha value is -0.570. The van der Waals surface area contributed by atoms with Crippen LogP contribution in [0.3, 0.4) is 0 Å². The Balaban J connectivity index is 3.04. The van der Waals surface area contributed by atoms with Crippen molar-refractivity contribution in [3.05, 3.63) is 0 Å². The van der Waals surface area contributed by atoms with Crippen LogP contribution in [0.1, 0.15) is 26.7 Å². The van der Waals surface area contributed by atoms with Crippen molar-refractivity contribution in [3.8, 4) is 0 Å². The van der Waals surface area contributed by atoms with Gasteiger partial charge in [0.15, 0.2) is 0 Å². The van der Waals surface area contributed by atoms with Crippen LogP contribution >= 0.6 is 0 Å². The normalized spacial score (nSPS) is 9.64. The predicted molar refractivity (Wildman–Crippen MR) is 46.5 cm³/mol. The lowest BCUT2D eigenvalue weighted by molar-refractivity contribution is -0.120. The summed E-state index contributed by atoms with van der Waals surface area (Å²) in [5.41, 5.74) is 0. The van der Waals surface area contributed by atoms with E-state index in [-0.39, 0.29) is 5.91 Å². The minimum absolute atomic E-state index is 0.0867. The van der Waals surface area contributed by atoms with Gasteiger partial charge in [-0.3, -0.25) is 4.79 Å².